The van der Waals surface area contributed by atoms with E-state index in [9.17, 15) is 8.42 Å². The van der Waals surface area contributed by atoms with Gasteiger partial charge in [0.25, 0.3) is 0 Å². The molecule has 0 radical (unpaired) electrons. The summed E-state index contributed by atoms with van der Waals surface area (Å²) in [6, 6.07) is 4.69. The van der Waals surface area contributed by atoms with Gasteiger partial charge in [0, 0.05) is 37.7 Å². The average molecular weight is 304 g/mol. The van der Waals surface area contributed by atoms with Crippen LogP contribution in [0.5, 0.6) is 0 Å². The van der Waals surface area contributed by atoms with Crippen LogP contribution >= 0.6 is 11.6 Å². The Labute approximate surface area is 119 Å². The Balaban J connectivity index is 2.29. The summed E-state index contributed by atoms with van der Waals surface area (Å²) in [6.07, 6.45) is 0. The fourth-order valence-corrected chi connectivity index (χ4v) is 3.71. The van der Waals surface area contributed by atoms with Gasteiger partial charge in [-0.1, -0.05) is 11.6 Å². The van der Waals surface area contributed by atoms with E-state index in [0.29, 0.717) is 23.7 Å². The first kappa shape index (κ1) is 14.7. The maximum absolute atomic E-state index is 12.5. The monoisotopic (exact) mass is 303 g/mol. The van der Waals surface area contributed by atoms with Crippen molar-refractivity contribution in [2.45, 2.75) is 11.4 Å². The quantitative estimate of drug-likeness (QED) is 0.894. The van der Waals surface area contributed by atoms with Gasteiger partial charge >= 0.3 is 0 Å². The third kappa shape index (κ3) is 3.09. The second kappa shape index (κ2) is 5.76. The molecular weight excluding hydrogens is 286 g/mol. The molecule has 1 fully saturated rings. The Morgan fingerprint density at radius 1 is 1.26 bits per heavy atom. The highest BCUT2D eigenvalue weighted by Gasteiger charge is 2.27. The summed E-state index contributed by atoms with van der Waals surface area (Å²) in [5.41, 5.74) is 6.21. The molecule has 1 aromatic rings. The van der Waals surface area contributed by atoms with Crippen molar-refractivity contribution in [3.05, 3.63) is 28.8 Å². The van der Waals surface area contributed by atoms with Crippen molar-refractivity contribution < 1.29 is 8.42 Å². The zero-order chi connectivity index (χ0) is 14.0. The van der Waals surface area contributed by atoms with Crippen LogP contribution in [0.25, 0.3) is 0 Å². The van der Waals surface area contributed by atoms with Gasteiger partial charge in [0.1, 0.15) is 0 Å². The SMILES string of the molecule is CN1CCN(S(=O)(=O)c2ccc(Cl)c(CN)c2)CC1. The summed E-state index contributed by atoms with van der Waals surface area (Å²) in [6.45, 7) is 2.75. The van der Waals surface area contributed by atoms with Gasteiger partial charge in [-0.3, -0.25) is 0 Å². The van der Waals surface area contributed by atoms with Crippen molar-refractivity contribution in [1.82, 2.24) is 9.21 Å². The molecule has 2 rings (SSSR count). The van der Waals surface area contributed by atoms with E-state index in [1.54, 1.807) is 12.1 Å². The summed E-state index contributed by atoms with van der Waals surface area (Å²) in [5.74, 6) is 0. The molecular formula is C12H18ClN3O2S. The molecule has 0 spiro atoms. The summed E-state index contributed by atoms with van der Waals surface area (Å²) in [7, 11) is -1.46. The van der Waals surface area contributed by atoms with E-state index in [1.165, 1.54) is 10.4 Å². The first-order valence-electron chi connectivity index (χ1n) is 6.12. The lowest BCUT2D eigenvalue weighted by molar-refractivity contribution is 0.222. The van der Waals surface area contributed by atoms with Crippen LogP contribution < -0.4 is 5.73 Å². The molecule has 1 heterocycles. The van der Waals surface area contributed by atoms with Crippen molar-refractivity contribution in [1.29, 1.82) is 0 Å². The van der Waals surface area contributed by atoms with Gasteiger partial charge in [0.2, 0.25) is 10.0 Å². The number of likely N-dealkylation sites (N-methyl/N-ethyl adjacent to an activating group) is 1. The van der Waals surface area contributed by atoms with Gasteiger partial charge in [-0.25, -0.2) is 8.42 Å². The highest BCUT2D eigenvalue weighted by atomic mass is 35.5. The van der Waals surface area contributed by atoms with Crippen molar-refractivity contribution in [2.24, 2.45) is 5.73 Å². The maximum atomic E-state index is 12.5. The second-order valence-corrected chi connectivity index (χ2v) is 7.01. The number of hydrogen-bond donors (Lipinski definition) is 1. The highest BCUT2D eigenvalue weighted by Crippen LogP contribution is 2.23. The molecule has 7 heteroatoms. The zero-order valence-corrected chi connectivity index (χ0v) is 12.4. The predicted molar refractivity (Wildman–Crippen MR) is 75.6 cm³/mol. The second-order valence-electron chi connectivity index (χ2n) is 4.66. The molecule has 0 unspecified atom stereocenters. The molecule has 0 bridgehead atoms. The van der Waals surface area contributed by atoms with Crippen LogP contribution in [0.1, 0.15) is 5.56 Å². The number of rotatable bonds is 3. The largest absolute Gasteiger partial charge is 0.326 e. The number of piperazine rings is 1. The van der Waals surface area contributed by atoms with Gasteiger partial charge in [-0.05, 0) is 30.8 Å². The lowest BCUT2D eigenvalue weighted by atomic mass is 10.2. The first-order chi connectivity index (χ1) is 8.95. The highest BCUT2D eigenvalue weighted by molar-refractivity contribution is 7.89. The van der Waals surface area contributed by atoms with Crippen LogP contribution in [0.4, 0.5) is 0 Å². The standard InChI is InChI=1S/C12H18ClN3O2S/c1-15-4-6-16(7-5-15)19(17,18)11-2-3-12(13)10(8-11)9-14/h2-3,8H,4-7,9,14H2,1H3. The summed E-state index contributed by atoms with van der Waals surface area (Å²) in [4.78, 5) is 2.38. The molecule has 0 aromatic heterocycles. The third-order valence-corrected chi connectivity index (χ3v) is 5.60. The van der Waals surface area contributed by atoms with E-state index in [2.05, 4.69) is 4.90 Å². The van der Waals surface area contributed by atoms with Gasteiger partial charge in [-0.15, -0.1) is 0 Å². The van der Waals surface area contributed by atoms with Gasteiger partial charge in [-0.2, -0.15) is 4.31 Å². The number of benzene rings is 1. The van der Waals surface area contributed by atoms with E-state index >= 15 is 0 Å². The maximum Gasteiger partial charge on any atom is 0.243 e. The van der Waals surface area contributed by atoms with Crippen LogP contribution in [0.15, 0.2) is 23.1 Å². The van der Waals surface area contributed by atoms with Gasteiger partial charge in [0.15, 0.2) is 0 Å². The molecule has 19 heavy (non-hydrogen) atoms. The number of hydrogen-bond acceptors (Lipinski definition) is 4. The first-order valence-corrected chi connectivity index (χ1v) is 7.94. The summed E-state index contributed by atoms with van der Waals surface area (Å²) >= 11 is 5.96. The molecule has 1 aliphatic heterocycles. The lowest BCUT2D eigenvalue weighted by Crippen LogP contribution is -2.47. The zero-order valence-electron chi connectivity index (χ0n) is 10.8. The Morgan fingerprint density at radius 2 is 1.89 bits per heavy atom. The molecule has 1 saturated heterocycles. The molecule has 0 aliphatic carbocycles. The molecule has 0 amide bonds. The summed E-state index contributed by atoms with van der Waals surface area (Å²) in [5, 5.41) is 0.500. The fourth-order valence-electron chi connectivity index (χ4n) is 2.05. The molecule has 1 aliphatic rings. The van der Waals surface area contributed by atoms with Crippen molar-refractivity contribution in [2.75, 3.05) is 33.2 Å². The Morgan fingerprint density at radius 3 is 2.47 bits per heavy atom. The topological polar surface area (TPSA) is 66.6 Å². The average Bonchev–Trinajstić information content (AvgIpc) is 2.39. The molecule has 0 saturated carbocycles. The van der Waals surface area contributed by atoms with Crippen LogP contribution in [-0.2, 0) is 16.6 Å². The minimum absolute atomic E-state index is 0.227. The van der Waals surface area contributed by atoms with Crippen LogP contribution in [0, 0.1) is 0 Å². The van der Waals surface area contributed by atoms with Crippen LogP contribution in [0.3, 0.4) is 0 Å². The molecule has 106 valence electrons. The van der Waals surface area contributed by atoms with E-state index in [0.717, 1.165) is 13.1 Å². The van der Waals surface area contributed by atoms with Crippen molar-refractivity contribution >= 4 is 21.6 Å². The number of nitrogens with zero attached hydrogens (tertiary/aromatic N) is 2. The minimum atomic E-state index is -3.44. The predicted octanol–water partition coefficient (Wildman–Crippen LogP) is 0.735. The lowest BCUT2D eigenvalue weighted by Gasteiger charge is -2.31. The summed E-state index contributed by atoms with van der Waals surface area (Å²) < 4.78 is 26.5. The van der Waals surface area contributed by atoms with Crippen LogP contribution in [-0.4, -0.2) is 50.8 Å². The smallest absolute Gasteiger partial charge is 0.243 e. The molecule has 2 N–H and O–H groups in total. The number of sulfonamides is 1. The Bertz CT molecular complexity index is 554. The fraction of sp³-hybridized carbons (Fsp3) is 0.500. The Kier molecular flexibility index (Phi) is 4.47. The minimum Gasteiger partial charge on any atom is -0.326 e. The van der Waals surface area contributed by atoms with E-state index in [4.69, 9.17) is 17.3 Å². The van der Waals surface area contributed by atoms with E-state index in [-0.39, 0.29) is 11.4 Å². The van der Waals surface area contributed by atoms with Crippen molar-refractivity contribution in [3.63, 3.8) is 0 Å². The normalized spacial score (nSPS) is 18.7. The van der Waals surface area contributed by atoms with E-state index < -0.39 is 10.0 Å². The number of halogens is 1. The number of nitrogens with two attached hydrogens (primary N) is 1. The molecule has 1 aromatic carbocycles. The van der Waals surface area contributed by atoms with E-state index in [1.807, 2.05) is 7.05 Å². The van der Waals surface area contributed by atoms with Crippen molar-refractivity contribution in [3.8, 4) is 0 Å². The van der Waals surface area contributed by atoms with Crippen LogP contribution in [0.2, 0.25) is 5.02 Å². The Hall–Kier alpha value is -0.660. The third-order valence-electron chi connectivity index (χ3n) is 3.34. The van der Waals surface area contributed by atoms with Gasteiger partial charge < -0.3 is 10.6 Å². The molecule has 5 nitrogen and oxygen atoms in total. The molecule has 0 atom stereocenters. The van der Waals surface area contributed by atoms with Gasteiger partial charge in [0.05, 0.1) is 4.90 Å².